The number of aromatic nitrogens is 4. The fourth-order valence-electron chi connectivity index (χ4n) is 2.76. The number of carbonyl (C=O) groups is 1. The number of nitrogens with zero attached hydrogens (tertiary/aromatic N) is 4. The van der Waals surface area contributed by atoms with Crippen LogP contribution in [0.5, 0.6) is 0 Å². The van der Waals surface area contributed by atoms with E-state index in [9.17, 15) is 9.90 Å². The van der Waals surface area contributed by atoms with Crippen molar-refractivity contribution in [3.05, 3.63) is 59.4 Å². The van der Waals surface area contributed by atoms with Gasteiger partial charge in [0.15, 0.2) is 5.82 Å². The van der Waals surface area contributed by atoms with E-state index < -0.39 is 0 Å². The molecule has 27 heavy (non-hydrogen) atoms. The molecule has 2 aromatic carbocycles. The van der Waals surface area contributed by atoms with Crippen molar-refractivity contribution >= 4 is 5.91 Å². The summed E-state index contributed by atoms with van der Waals surface area (Å²) in [6.07, 6.45) is 0.671. The lowest BCUT2D eigenvalue weighted by atomic mass is 10.0. The number of nitrogens with one attached hydrogen (secondary N) is 1. The summed E-state index contributed by atoms with van der Waals surface area (Å²) in [5, 5.41) is 23.8. The first-order chi connectivity index (χ1) is 13.0. The average molecular weight is 365 g/mol. The summed E-state index contributed by atoms with van der Waals surface area (Å²) < 4.78 is 1.64. The van der Waals surface area contributed by atoms with Gasteiger partial charge in [0.2, 0.25) is 0 Å². The molecule has 140 valence electrons. The van der Waals surface area contributed by atoms with Crippen LogP contribution in [0.2, 0.25) is 0 Å². The summed E-state index contributed by atoms with van der Waals surface area (Å²) >= 11 is 0. The molecular formula is C20H23N5O2. The molecule has 1 heterocycles. The van der Waals surface area contributed by atoms with Gasteiger partial charge in [0.25, 0.3) is 5.91 Å². The van der Waals surface area contributed by atoms with E-state index in [0.717, 1.165) is 16.8 Å². The highest BCUT2D eigenvalue weighted by Crippen LogP contribution is 2.25. The van der Waals surface area contributed by atoms with Crippen molar-refractivity contribution in [3.63, 3.8) is 0 Å². The smallest absolute Gasteiger partial charge is 0.251 e. The van der Waals surface area contributed by atoms with Crippen molar-refractivity contribution in [1.82, 2.24) is 25.5 Å². The van der Waals surface area contributed by atoms with Crippen LogP contribution >= 0.6 is 0 Å². The Balaban J connectivity index is 2.10. The van der Waals surface area contributed by atoms with Gasteiger partial charge in [-0.15, -0.1) is 5.10 Å². The molecule has 3 aromatic rings. The van der Waals surface area contributed by atoms with Crippen LogP contribution in [0.15, 0.2) is 42.5 Å². The van der Waals surface area contributed by atoms with E-state index in [1.165, 1.54) is 5.56 Å². The van der Waals surface area contributed by atoms with Crippen LogP contribution in [0.1, 0.15) is 35.6 Å². The third kappa shape index (κ3) is 4.20. The second kappa shape index (κ2) is 8.09. The fourth-order valence-corrected chi connectivity index (χ4v) is 2.76. The summed E-state index contributed by atoms with van der Waals surface area (Å²) in [5.41, 5.74) is 4.26. The van der Waals surface area contributed by atoms with Crippen LogP contribution < -0.4 is 5.32 Å². The first-order valence-electron chi connectivity index (χ1n) is 8.93. The highest BCUT2D eigenvalue weighted by Gasteiger charge is 2.15. The molecule has 1 aromatic heterocycles. The molecule has 0 saturated carbocycles. The highest BCUT2D eigenvalue weighted by atomic mass is 16.3. The zero-order valence-electron chi connectivity index (χ0n) is 15.7. The van der Waals surface area contributed by atoms with Gasteiger partial charge in [-0.25, -0.2) is 0 Å². The second-order valence-electron chi connectivity index (χ2n) is 6.55. The first-order valence-corrected chi connectivity index (χ1v) is 8.93. The minimum absolute atomic E-state index is 0.122. The van der Waals surface area contributed by atoms with Gasteiger partial charge in [-0.05, 0) is 53.6 Å². The Morgan fingerprint density at radius 2 is 1.93 bits per heavy atom. The molecule has 0 radical (unpaired) electrons. The largest absolute Gasteiger partial charge is 0.394 e. The molecule has 0 aliphatic rings. The van der Waals surface area contributed by atoms with E-state index in [-0.39, 0.29) is 18.6 Å². The zero-order valence-corrected chi connectivity index (χ0v) is 15.7. The fraction of sp³-hybridized carbons (Fsp3) is 0.300. The minimum atomic E-state index is -0.330. The number of benzene rings is 2. The highest BCUT2D eigenvalue weighted by molar-refractivity contribution is 5.96. The summed E-state index contributed by atoms with van der Waals surface area (Å²) in [5.74, 6) is 0.462. The molecule has 7 heteroatoms. The van der Waals surface area contributed by atoms with E-state index >= 15 is 0 Å². The Hall–Kier alpha value is -3.06. The predicted octanol–water partition coefficient (Wildman–Crippen LogP) is 2.31. The summed E-state index contributed by atoms with van der Waals surface area (Å²) in [6.45, 7) is 5.63. The third-order valence-electron chi connectivity index (χ3n) is 4.31. The molecule has 7 nitrogen and oxygen atoms in total. The van der Waals surface area contributed by atoms with Crippen LogP contribution in [0.4, 0.5) is 0 Å². The molecule has 0 aliphatic carbocycles. The SMILES string of the molecule is CCc1nnnn1-c1cc(C(=O)N[C@H](C)CO)cc(-c2ccc(C)cc2)c1. The number of aliphatic hydroxyl groups excluding tert-OH is 1. The van der Waals surface area contributed by atoms with Crippen LogP contribution in [0, 0.1) is 6.92 Å². The van der Waals surface area contributed by atoms with Gasteiger partial charge >= 0.3 is 0 Å². The quantitative estimate of drug-likeness (QED) is 0.699. The number of aliphatic hydroxyl groups is 1. The topological polar surface area (TPSA) is 92.9 Å². The Kier molecular flexibility index (Phi) is 5.61. The van der Waals surface area contributed by atoms with Crippen molar-refractivity contribution in [3.8, 4) is 16.8 Å². The Bertz CT molecular complexity index is 934. The summed E-state index contributed by atoms with van der Waals surface area (Å²) in [7, 11) is 0. The van der Waals surface area contributed by atoms with E-state index in [1.54, 1.807) is 17.7 Å². The van der Waals surface area contributed by atoms with Crippen LogP contribution in [0.3, 0.4) is 0 Å². The number of amides is 1. The van der Waals surface area contributed by atoms with Crippen molar-refractivity contribution < 1.29 is 9.90 Å². The Labute approximate surface area is 158 Å². The lowest BCUT2D eigenvalue weighted by molar-refractivity contribution is 0.0922. The van der Waals surface area contributed by atoms with Crippen molar-refractivity contribution in [2.45, 2.75) is 33.2 Å². The molecule has 3 rings (SSSR count). The van der Waals surface area contributed by atoms with Gasteiger partial charge in [-0.3, -0.25) is 4.79 Å². The number of tetrazole rings is 1. The number of carbonyl (C=O) groups excluding carboxylic acids is 1. The van der Waals surface area contributed by atoms with E-state index in [1.807, 2.05) is 50.2 Å². The lowest BCUT2D eigenvalue weighted by Gasteiger charge is -2.14. The molecule has 0 unspecified atom stereocenters. The van der Waals surface area contributed by atoms with Crippen molar-refractivity contribution in [2.75, 3.05) is 6.61 Å². The molecule has 0 aliphatic heterocycles. The maximum Gasteiger partial charge on any atom is 0.251 e. The van der Waals surface area contributed by atoms with Gasteiger partial charge < -0.3 is 10.4 Å². The maximum absolute atomic E-state index is 12.6. The van der Waals surface area contributed by atoms with Gasteiger partial charge in [0.1, 0.15) is 0 Å². The second-order valence-corrected chi connectivity index (χ2v) is 6.55. The normalized spacial score (nSPS) is 12.0. The van der Waals surface area contributed by atoms with Crippen molar-refractivity contribution in [1.29, 1.82) is 0 Å². The Morgan fingerprint density at radius 3 is 2.59 bits per heavy atom. The molecular weight excluding hydrogens is 342 g/mol. The summed E-state index contributed by atoms with van der Waals surface area (Å²) in [6, 6.07) is 13.3. The molecule has 1 atom stereocenters. The van der Waals surface area contributed by atoms with Crippen LogP contribution in [0.25, 0.3) is 16.8 Å². The predicted molar refractivity (Wildman–Crippen MR) is 103 cm³/mol. The van der Waals surface area contributed by atoms with Crippen molar-refractivity contribution in [2.24, 2.45) is 0 Å². The standard InChI is InChI=1S/C20H23N5O2/c1-4-19-22-23-24-25(19)18-10-16(15-7-5-13(2)6-8-15)9-17(11-18)20(27)21-14(3)12-26/h5-11,14,26H,4,12H2,1-3H3,(H,21,27)/t14-/m1/s1. The molecule has 0 spiro atoms. The van der Waals surface area contributed by atoms with Gasteiger partial charge in [-0.1, -0.05) is 36.8 Å². The minimum Gasteiger partial charge on any atom is -0.394 e. The zero-order chi connectivity index (χ0) is 19.4. The number of hydrogen-bond donors (Lipinski definition) is 2. The first kappa shape index (κ1) is 18.7. The lowest BCUT2D eigenvalue weighted by Crippen LogP contribution is -2.35. The van der Waals surface area contributed by atoms with Gasteiger partial charge in [-0.2, -0.15) is 4.68 Å². The number of rotatable bonds is 6. The average Bonchev–Trinajstić information content (AvgIpc) is 3.17. The molecule has 0 bridgehead atoms. The monoisotopic (exact) mass is 365 g/mol. The summed E-state index contributed by atoms with van der Waals surface area (Å²) in [4.78, 5) is 12.6. The molecule has 0 saturated heterocycles. The van der Waals surface area contributed by atoms with E-state index in [4.69, 9.17) is 0 Å². The van der Waals surface area contributed by atoms with Crippen LogP contribution in [-0.2, 0) is 6.42 Å². The van der Waals surface area contributed by atoms with Crippen LogP contribution in [-0.4, -0.2) is 43.9 Å². The van der Waals surface area contributed by atoms with E-state index in [0.29, 0.717) is 17.8 Å². The van der Waals surface area contributed by atoms with Gasteiger partial charge in [0.05, 0.1) is 12.3 Å². The molecule has 1 amide bonds. The molecule has 0 fully saturated rings. The third-order valence-corrected chi connectivity index (χ3v) is 4.31. The molecule has 2 N–H and O–H groups in total. The maximum atomic E-state index is 12.6. The number of aryl methyl sites for hydroxylation is 2. The number of hydrogen-bond acceptors (Lipinski definition) is 5. The van der Waals surface area contributed by atoms with Gasteiger partial charge in [0, 0.05) is 18.0 Å². The van der Waals surface area contributed by atoms with E-state index in [2.05, 4.69) is 20.8 Å². The Morgan fingerprint density at radius 1 is 1.19 bits per heavy atom.